The smallest absolute Gasteiger partial charge is 0.243 e. The van der Waals surface area contributed by atoms with Crippen LogP contribution < -0.4 is 4.74 Å². The van der Waals surface area contributed by atoms with E-state index in [1.54, 1.807) is 19.2 Å². The maximum atomic E-state index is 12.8. The lowest BCUT2D eigenvalue weighted by Crippen LogP contribution is -2.26. The zero-order valence-corrected chi connectivity index (χ0v) is 15.3. The maximum Gasteiger partial charge on any atom is 0.243 e. The fourth-order valence-electron chi connectivity index (χ4n) is 3.08. The summed E-state index contributed by atoms with van der Waals surface area (Å²) < 4.78 is 32.5. The van der Waals surface area contributed by atoms with Gasteiger partial charge in [0, 0.05) is 13.6 Å². The molecule has 0 unspecified atom stereocenters. The fraction of sp³-hybridized carbons (Fsp3) is 0.300. The Morgan fingerprint density at radius 2 is 1.84 bits per heavy atom. The highest BCUT2D eigenvalue weighted by Gasteiger charge is 2.23. The van der Waals surface area contributed by atoms with Crippen molar-refractivity contribution >= 4 is 10.0 Å². The summed E-state index contributed by atoms with van der Waals surface area (Å²) in [5, 5.41) is 0. The number of nitrogens with zero attached hydrogens (tertiary/aromatic N) is 1. The number of hydrogen-bond donors (Lipinski definition) is 0. The Hall–Kier alpha value is -2.11. The summed E-state index contributed by atoms with van der Waals surface area (Å²) in [5.74, 6) is 0.743. The molecule has 1 aliphatic rings. The van der Waals surface area contributed by atoms with Crippen LogP contribution in [0.3, 0.4) is 0 Å². The molecule has 2 aromatic carbocycles. The predicted octanol–water partition coefficient (Wildman–Crippen LogP) is 3.56. The number of ether oxygens (including phenoxy) is 1. The van der Waals surface area contributed by atoms with Crippen molar-refractivity contribution in [1.82, 2.24) is 4.31 Å². The molecule has 0 radical (unpaired) electrons. The van der Waals surface area contributed by atoms with Gasteiger partial charge in [0.05, 0.1) is 4.90 Å². The number of fused-ring (bicyclic) bond motifs is 1. The Kier molecular flexibility index (Phi) is 5.25. The zero-order valence-electron chi connectivity index (χ0n) is 14.4. The molecule has 2 aromatic rings. The third kappa shape index (κ3) is 3.94. The molecule has 0 bridgehead atoms. The largest absolute Gasteiger partial charge is 0.490 e. The molecule has 0 heterocycles. The maximum absolute atomic E-state index is 12.8. The van der Waals surface area contributed by atoms with Crippen LogP contribution in [0.15, 0.2) is 60.0 Å². The van der Waals surface area contributed by atoms with E-state index in [0.717, 1.165) is 36.1 Å². The summed E-state index contributed by atoms with van der Waals surface area (Å²) in [5.41, 5.74) is 3.35. The van der Waals surface area contributed by atoms with Gasteiger partial charge >= 0.3 is 0 Å². The molecule has 132 valence electrons. The monoisotopic (exact) mass is 357 g/mol. The quantitative estimate of drug-likeness (QED) is 0.712. The van der Waals surface area contributed by atoms with Gasteiger partial charge in [0.25, 0.3) is 0 Å². The minimum atomic E-state index is -3.49. The molecule has 0 fully saturated rings. The van der Waals surface area contributed by atoms with Gasteiger partial charge in [0.15, 0.2) is 0 Å². The van der Waals surface area contributed by atoms with Crippen molar-refractivity contribution in [3.8, 4) is 5.75 Å². The second kappa shape index (κ2) is 7.42. The Labute approximate surface area is 149 Å². The molecule has 3 rings (SSSR count). The van der Waals surface area contributed by atoms with Crippen LogP contribution in [0.1, 0.15) is 23.1 Å². The van der Waals surface area contributed by atoms with Crippen molar-refractivity contribution in [2.45, 2.75) is 30.7 Å². The highest BCUT2D eigenvalue weighted by Crippen LogP contribution is 2.26. The van der Waals surface area contributed by atoms with E-state index in [0.29, 0.717) is 18.0 Å². The van der Waals surface area contributed by atoms with E-state index >= 15 is 0 Å². The van der Waals surface area contributed by atoms with Gasteiger partial charge in [0.1, 0.15) is 12.4 Å². The third-order valence-corrected chi connectivity index (χ3v) is 6.27. The molecule has 1 aliphatic carbocycles. The normalized spacial score (nSPS) is 13.7. The molecule has 0 atom stereocenters. The summed E-state index contributed by atoms with van der Waals surface area (Å²) >= 11 is 0. The standard InChI is InChI=1S/C20H23NO3S/c1-3-13-24-19-10-7-16(8-11-19)15-21(2)25(22,23)20-12-9-17-5-4-6-18(17)14-20/h3,7-12,14H,1,4-6,13,15H2,2H3. The average molecular weight is 357 g/mol. The van der Waals surface area contributed by atoms with Crippen LogP contribution in [0, 0.1) is 0 Å². The zero-order chi connectivity index (χ0) is 17.9. The highest BCUT2D eigenvalue weighted by molar-refractivity contribution is 7.89. The van der Waals surface area contributed by atoms with E-state index in [1.807, 2.05) is 36.4 Å². The van der Waals surface area contributed by atoms with E-state index in [1.165, 1.54) is 9.87 Å². The van der Waals surface area contributed by atoms with Gasteiger partial charge in [-0.25, -0.2) is 8.42 Å². The second-order valence-corrected chi connectivity index (χ2v) is 8.33. The third-order valence-electron chi connectivity index (χ3n) is 4.47. The molecular weight excluding hydrogens is 334 g/mol. The van der Waals surface area contributed by atoms with E-state index in [4.69, 9.17) is 4.74 Å². The first-order chi connectivity index (χ1) is 12.0. The number of benzene rings is 2. The molecular formula is C20H23NO3S. The van der Waals surface area contributed by atoms with Crippen molar-refractivity contribution in [3.05, 3.63) is 71.8 Å². The van der Waals surface area contributed by atoms with Gasteiger partial charge in [-0.1, -0.05) is 30.9 Å². The van der Waals surface area contributed by atoms with Crippen molar-refractivity contribution in [1.29, 1.82) is 0 Å². The van der Waals surface area contributed by atoms with Gasteiger partial charge in [0.2, 0.25) is 10.0 Å². The van der Waals surface area contributed by atoms with Crippen LogP contribution in [0.5, 0.6) is 5.75 Å². The Balaban J connectivity index is 1.73. The molecule has 0 aromatic heterocycles. The van der Waals surface area contributed by atoms with Crippen LogP contribution in [0.4, 0.5) is 0 Å². The predicted molar refractivity (Wildman–Crippen MR) is 99.3 cm³/mol. The molecule has 0 amide bonds. The van der Waals surface area contributed by atoms with Gasteiger partial charge in [-0.2, -0.15) is 4.31 Å². The first-order valence-corrected chi connectivity index (χ1v) is 9.85. The molecule has 25 heavy (non-hydrogen) atoms. The number of aryl methyl sites for hydroxylation is 2. The molecule has 0 aliphatic heterocycles. The topological polar surface area (TPSA) is 46.6 Å². The minimum absolute atomic E-state index is 0.321. The van der Waals surface area contributed by atoms with Crippen molar-refractivity contribution < 1.29 is 13.2 Å². The molecule has 5 heteroatoms. The lowest BCUT2D eigenvalue weighted by Gasteiger charge is -2.18. The SMILES string of the molecule is C=CCOc1ccc(CN(C)S(=O)(=O)c2ccc3c(c2)CCC3)cc1. The number of rotatable bonds is 7. The van der Waals surface area contributed by atoms with E-state index < -0.39 is 10.0 Å². The van der Waals surface area contributed by atoms with Crippen LogP contribution in [0.2, 0.25) is 0 Å². The van der Waals surface area contributed by atoms with E-state index in [2.05, 4.69) is 6.58 Å². The van der Waals surface area contributed by atoms with Crippen LogP contribution >= 0.6 is 0 Å². The Morgan fingerprint density at radius 1 is 1.12 bits per heavy atom. The first-order valence-electron chi connectivity index (χ1n) is 8.41. The Bertz CT molecular complexity index is 857. The lowest BCUT2D eigenvalue weighted by molar-refractivity contribution is 0.363. The van der Waals surface area contributed by atoms with Crippen molar-refractivity contribution in [2.75, 3.05) is 13.7 Å². The van der Waals surface area contributed by atoms with Gasteiger partial charge in [-0.3, -0.25) is 0 Å². The molecule has 4 nitrogen and oxygen atoms in total. The Morgan fingerprint density at radius 3 is 2.56 bits per heavy atom. The highest BCUT2D eigenvalue weighted by atomic mass is 32.2. The summed E-state index contributed by atoms with van der Waals surface area (Å²) in [7, 11) is -1.88. The fourth-order valence-corrected chi connectivity index (χ4v) is 4.29. The average Bonchev–Trinajstić information content (AvgIpc) is 3.08. The van der Waals surface area contributed by atoms with Gasteiger partial charge in [-0.05, 0) is 60.2 Å². The van der Waals surface area contributed by atoms with Crippen LogP contribution in [-0.2, 0) is 29.4 Å². The summed E-state index contributed by atoms with van der Waals surface area (Å²) in [4.78, 5) is 0.376. The van der Waals surface area contributed by atoms with E-state index in [-0.39, 0.29) is 0 Å². The van der Waals surface area contributed by atoms with Crippen LogP contribution in [-0.4, -0.2) is 26.4 Å². The van der Waals surface area contributed by atoms with Crippen molar-refractivity contribution in [2.24, 2.45) is 0 Å². The molecule has 0 spiro atoms. The van der Waals surface area contributed by atoms with Crippen LogP contribution in [0.25, 0.3) is 0 Å². The number of sulfonamides is 1. The molecule has 0 saturated heterocycles. The first kappa shape index (κ1) is 17.7. The lowest BCUT2D eigenvalue weighted by atomic mass is 10.1. The van der Waals surface area contributed by atoms with Crippen molar-refractivity contribution in [3.63, 3.8) is 0 Å². The number of hydrogen-bond acceptors (Lipinski definition) is 3. The summed E-state index contributed by atoms with van der Waals surface area (Å²) in [6, 6.07) is 13.0. The second-order valence-electron chi connectivity index (χ2n) is 6.29. The summed E-state index contributed by atoms with van der Waals surface area (Å²) in [6.07, 6.45) is 4.81. The van der Waals surface area contributed by atoms with E-state index in [9.17, 15) is 8.42 Å². The molecule has 0 N–H and O–H groups in total. The summed E-state index contributed by atoms with van der Waals surface area (Å²) in [6.45, 7) is 4.38. The van der Waals surface area contributed by atoms with Gasteiger partial charge < -0.3 is 4.74 Å². The van der Waals surface area contributed by atoms with Gasteiger partial charge in [-0.15, -0.1) is 0 Å². The minimum Gasteiger partial charge on any atom is -0.490 e. The molecule has 0 saturated carbocycles.